The average molecular weight is 297 g/mol. The smallest absolute Gasteiger partial charge is 0.223 e. The van der Waals surface area contributed by atoms with E-state index in [9.17, 15) is 0 Å². The minimum atomic E-state index is 0.638. The lowest BCUT2D eigenvalue weighted by Gasteiger charge is -2.10. The minimum absolute atomic E-state index is 0.638. The molecule has 1 N–H and O–H groups in total. The van der Waals surface area contributed by atoms with E-state index in [1.54, 1.807) is 23.2 Å². The molecule has 0 aliphatic carbocycles. The maximum absolute atomic E-state index is 4.57. The van der Waals surface area contributed by atoms with Gasteiger partial charge < -0.3 is 10.2 Å². The molecule has 0 radical (unpaired) electrons. The molecule has 7 heteroatoms. The van der Waals surface area contributed by atoms with Crippen molar-refractivity contribution in [2.24, 2.45) is 0 Å². The topological polar surface area (TPSA) is 71.2 Å². The van der Waals surface area contributed by atoms with Crippen molar-refractivity contribution in [1.29, 1.82) is 0 Å². The zero-order chi connectivity index (χ0) is 15.4. The van der Waals surface area contributed by atoms with Gasteiger partial charge >= 0.3 is 0 Å². The summed E-state index contributed by atoms with van der Waals surface area (Å²) in [6.07, 6.45) is 6.29. The third-order valence-corrected chi connectivity index (χ3v) is 3.30. The highest BCUT2D eigenvalue weighted by Gasteiger charge is 2.09. The fourth-order valence-corrected chi connectivity index (χ4v) is 2.22. The predicted octanol–water partition coefficient (Wildman–Crippen LogP) is 1.55. The van der Waals surface area contributed by atoms with E-state index in [0.29, 0.717) is 5.95 Å². The van der Waals surface area contributed by atoms with Gasteiger partial charge in [-0.1, -0.05) is 0 Å². The quantitative estimate of drug-likeness (QED) is 0.696. The molecule has 114 valence electrons. The van der Waals surface area contributed by atoms with Crippen LogP contribution in [0.15, 0.2) is 36.8 Å². The van der Waals surface area contributed by atoms with Crippen molar-refractivity contribution in [2.45, 2.75) is 6.42 Å². The van der Waals surface area contributed by atoms with Gasteiger partial charge in [-0.3, -0.25) is 0 Å². The molecule has 0 saturated heterocycles. The highest BCUT2D eigenvalue weighted by molar-refractivity contribution is 5.77. The predicted molar refractivity (Wildman–Crippen MR) is 85.7 cm³/mol. The first-order chi connectivity index (χ1) is 10.7. The minimum Gasteiger partial charge on any atom is -0.354 e. The molecule has 3 heterocycles. The molecule has 3 rings (SSSR count). The molecular weight excluding hydrogens is 278 g/mol. The lowest BCUT2D eigenvalue weighted by Crippen LogP contribution is -2.17. The molecule has 3 aromatic rings. The van der Waals surface area contributed by atoms with Gasteiger partial charge in [-0.25, -0.2) is 9.97 Å². The molecule has 0 unspecified atom stereocenters. The van der Waals surface area contributed by atoms with Gasteiger partial charge in [0.2, 0.25) is 5.95 Å². The summed E-state index contributed by atoms with van der Waals surface area (Å²) in [4.78, 5) is 11.0. The number of nitrogens with zero attached hydrogens (tertiary/aromatic N) is 6. The van der Waals surface area contributed by atoms with E-state index in [-0.39, 0.29) is 0 Å². The van der Waals surface area contributed by atoms with E-state index in [1.165, 1.54) is 0 Å². The van der Waals surface area contributed by atoms with E-state index < -0.39 is 0 Å². The lowest BCUT2D eigenvalue weighted by atomic mass is 10.2. The third-order valence-electron chi connectivity index (χ3n) is 3.30. The van der Waals surface area contributed by atoms with E-state index in [1.807, 2.05) is 18.2 Å². The van der Waals surface area contributed by atoms with Crippen molar-refractivity contribution in [1.82, 2.24) is 29.7 Å². The molecule has 0 aliphatic rings. The molecular formula is C15H19N7. The maximum atomic E-state index is 4.57. The number of hydrogen-bond acceptors (Lipinski definition) is 6. The Morgan fingerprint density at radius 2 is 2.09 bits per heavy atom. The van der Waals surface area contributed by atoms with Crippen molar-refractivity contribution in [3.63, 3.8) is 0 Å². The van der Waals surface area contributed by atoms with Crippen LogP contribution in [0.4, 0.5) is 5.95 Å². The molecule has 0 aromatic carbocycles. The molecule has 0 spiro atoms. The van der Waals surface area contributed by atoms with Crippen molar-refractivity contribution in [3.8, 4) is 11.3 Å². The van der Waals surface area contributed by atoms with Crippen LogP contribution in [0.5, 0.6) is 0 Å². The summed E-state index contributed by atoms with van der Waals surface area (Å²) in [5.74, 6) is 0.638. The Bertz CT molecular complexity index is 750. The second-order valence-corrected chi connectivity index (χ2v) is 5.31. The molecule has 22 heavy (non-hydrogen) atoms. The van der Waals surface area contributed by atoms with E-state index in [2.05, 4.69) is 44.5 Å². The molecule has 0 saturated carbocycles. The van der Waals surface area contributed by atoms with Gasteiger partial charge in [0.15, 0.2) is 0 Å². The van der Waals surface area contributed by atoms with Crippen LogP contribution in [0, 0.1) is 0 Å². The van der Waals surface area contributed by atoms with Crippen LogP contribution < -0.4 is 5.32 Å². The SMILES string of the molecule is CN(C)CCCNc1nccc(-c2cnn3ncccc23)n1. The van der Waals surface area contributed by atoms with E-state index in [0.717, 1.165) is 36.3 Å². The molecule has 0 atom stereocenters. The van der Waals surface area contributed by atoms with Gasteiger partial charge in [0.1, 0.15) is 0 Å². The zero-order valence-electron chi connectivity index (χ0n) is 12.8. The summed E-state index contributed by atoms with van der Waals surface area (Å²) >= 11 is 0. The summed E-state index contributed by atoms with van der Waals surface area (Å²) < 4.78 is 1.60. The average Bonchev–Trinajstić information content (AvgIpc) is 2.96. The Morgan fingerprint density at radius 1 is 1.18 bits per heavy atom. The molecule has 0 aliphatic heterocycles. The van der Waals surface area contributed by atoms with Gasteiger partial charge in [0.25, 0.3) is 0 Å². The van der Waals surface area contributed by atoms with Crippen molar-refractivity contribution in [3.05, 3.63) is 36.8 Å². The number of aromatic nitrogens is 5. The zero-order valence-corrected chi connectivity index (χ0v) is 12.8. The van der Waals surface area contributed by atoms with Gasteiger partial charge in [0.05, 0.1) is 17.4 Å². The van der Waals surface area contributed by atoms with Gasteiger partial charge in [-0.15, -0.1) is 0 Å². The largest absolute Gasteiger partial charge is 0.354 e. The Hall–Kier alpha value is -2.54. The number of nitrogens with one attached hydrogen (secondary N) is 1. The normalized spacial score (nSPS) is 11.2. The highest BCUT2D eigenvalue weighted by atomic mass is 15.4. The molecule has 0 amide bonds. The van der Waals surface area contributed by atoms with Gasteiger partial charge in [0, 0.05) is 24.5 Å². The summed E-state index contributed by atoms with van der Waals surface area (Å²) in [5.41, 5.74) is 2.72. The number of fused-ring (bicyclic) bond motifs is 1. The lowest BCUT2D eigenvalue weighted by molar-refractivity contribution is 0.405. The highest BCUT2D eigenvalue weighted by Crippen LogP contribution is 2.22. The second-order valence-electron chi connectivity index (χ2n) is 5.31. The fourth-order valence-electron chi connectivity index (χ4n) is 2.22. The van der Waals surface area contributed by atoms with Crippen LogP contribution in [0.1, 0.15) is 6.42 Å². The Kier molecular flexibility index (Phi) is 4.24. The summed E-state index contributed by atoms with van der Waals surface area (Å²) in [7, 11) is 4.13. The number of anilines is 1. The second kappa shape index (κ2) is 6.48. The summed E-state index contributed by atoms with van der Waals surface area (Å²) in [6, 6.07) is 5.75. The molecule has 0 bridgehead atoms. The molecule has 0 fully saturated rings. The summed E-state index contributed by atoms with van der Waals surface area (Å²) in [6.45, 7) is 1.88. The first-order valence-corrected chi connectivity index (χ1v) is 7.25. The number of hydrogen-bond donors (Lipinski definition) is 1. The van der Waals surface area contributed by atoms with Crippen LogP contribution in [0.2, 0.25) is 0 Å². The fraction of sp³-hybridized carbons (Fsp3) is 0.333. The Morgan fingerprint density at radius 3 is 2.95 bits per heavy atom. The standard InChI is InChI=1S/C15H19N7/c1-21(2)10-4-7-16-15-17-9-6-13(20-15)12-11-19-22-14(12)5-3-8-18-22/h3,5-6,8-9,11H,4,7,10H2,1-2H3,(H,16,17,20). The van der Waals surface area contributed by atoms with E-state index >= 15 is 0 Å². The Labute approximate surface area is 129 Å². The van der Waals surface area contributed by atoms with Crippen LogP contribution in [-0.4, -0.2) is 56.9 Å². The Balaban J connectivity index is 1.76. The van der Waals surface area contributed by atoms with Crippen molar-refractivity contribution >= 4 is 11.5 Å². The van der Waals surface area contributed by atoms with Gasteiger partial charge in [-0.2, -0.15) is 14.8 Å². The first kappa shape index (κ1) is 14.4. The molecule has 3 aromatic heterocycles. The maximum Gasteiger partial charge on any atom is 0.223 e. The summed E-state index contributed by atoms with van der Waals surface area (Å²) in [5, 5.41) is 11.7. The van der Waals surface area contributed by atoms with Crippen LogP contribution >= 0.6 is 0 Å². The van der Waals surface area contributed by atoms with Crippen LogP contribution in [0.3, 0.4) is 0 Å². The van der Waals surface area contributed by atoms with Crippen LogP contribution in [-0.2, 0) is 0 Å². The van der Waals surface area contributed by atoms with E-state index in [4.69, 9.17) is 0 Å². The third kappa shape index (κ3) is 3.20. The van der Waals surface area contributed by atoms with Crippen LogP contribution in [0.25, 0.3) is 16.8 Å². The molecule has 7 nitrogen and oxygen atoms in total. The number of rotatable bonds is 6. The van der Waals surface area contributed by atoms with Crippen molar-refractivity contribution in [2.75, 3.05) is 32.5 Å². The monoisotopic (exact) mass is 297 g/mol. The first-order valence-electron chi connectivity index (χ1n) is 7.25. The van der Waals surface area contributed by atoms with Gasteiger partial charge in [-0.05, 0) is 45.3 Å². The van der Waals surface area contributed by atoms with Crippen molar-refractivity contribution < 1.29 is 0 Å².